The van der Waals surface area contributed by atoms with Crippen molar-refractivity contribution in [3.63, 3.8) is 0 Å². The van der Waals surface area contributed by atoms with Gasteiger partial charge in [-0.2, -0.15) is 0 Å². The van der Waals surface area contributed by atoms with Crippen LogP contribution < -0.4 is 19.7 Å². The van der Waals surface area contributed by atoms with Gasteiger partial charge in [0.15, 0.2) is 16.6 Å². The quantitative estimate of drug-likeness (QED) is 0.867. The van der Waals surface area contributed by atoms with E-state index in [1.807, 2.05) is 29.8 Å². The number of aromatic nitrogens is 1. The zero-order valence-corrected chi connectivity index (χ0v) is 14.6. The summed E-state index contributed by atoms with van der Waals surface area (Å²) in [5, 5.41) is 6.10. The largest absolute Gasteiger partial charge is 0.493 e. The van der Waals surface area contributed by atoms with Crippen molar-refractivity contribution in [1.82, 2.24) is 10.3 Å². The Balaban J connectivity index is 1.54. The Morgan fingerprint density at radius 1 is 1.38 bits per heavy atom. The van der Waals surface area contributed by atoms with Crippen molar-refractivity contribution in [1.29, 1.82) is 0 Å². The van der Waals surface area contributed by atoms with Gasteiger partial charge in [0, 0.05) is 30.7 Å². The summed E-state index contributed by atoms with van der Waals surface area (Å²) in [6, 6.07) is 5.72. The number of anilines is 1. The van der Waals surface area contributed by atoms with E-state index in [2.05, 4.69) is 15.2 Å². The van der Waals surface area contributed by atoms with E-state index < -0.39 is 0 Å². The number of benzene rings is 1. The number of methoxy groups -OCH3 is 2. The van der Waals surface area contributed by atoms with E-state index in [0.717, 1.165) is 30.2 Å². The first kappa shape index (κ1) is 16.6. The number of hydrogen-bond donors (Lipinski definition) is 1. The number of carbonyl (C=O) groups excluding carboxylic acids is 1. The number of rotatable bonds is 6. The van der Waals surface area contributed by atoms with Gasteiger partial charge in [0.1, 0.15) is 0 Å². The number of ether oxygens (including phenoxy) is 2. The van der Waals surface area contributed by atoms with Gasteiger partial charge < -0.3 is 19.7 Å². The highest BCUT2D eigenvalue weighted by Crippen LogP contribution is 2.28. The highest BCUT2D eigenvalue weighted by atomic mass is 32.1. The molecule has 1 unspecified atom stereocenters. The van der Waals surface area contributed by atoms with E-state index in [-0.39, 0.29) is 11.9 Å². The van der Waals surface area contributed by atoms with E-state index in [1.54, 1.807) is 25.6 Å². The van der Waals surface area contributed by atoms with Crippen molar-refractivity contribution in [3.8, 4) is 11.5 Å². The van der Waals surface area contributed by atoms with Crippen LogP contribution in [0.25, 0.3) is 0 Å². The summed E-state index contributed by atoms with van der Waals surface area (Å²) in [6.45, 7) is 1.74. The maximum Gasteiger partial charge on any atom is 0.224 e. The lowest BCUT2D eigenvalue weighted by Crippen LogP contribution is -2.37. The summed E-state index contributed by atoms with van der Waals surface area (Å²) in [6.07, 6.45) is 3.08. The molecule has 0 saturated carbocycles. The van der Waals surface area contributed by atoms with Crippen molar-refractivity contribution < 1.29 is 14.3 Å². The molecule has 1 aromatic carbocycles. The number of nitrogens with zero attached hydrogens (tertiary/aromatic N) is 2. The first-order valence-corrected chi connectivity index (χ1v) is 8.72. The van der Waals surface area contributed by atoms with Crippen LogP contribution in [0.5, 0.6) is 11.5 Å². The lowest BCUT2D eigenvalue weighted by Gasteiger charge is -2.16. The molecule has 1 aromatic heterocycles. The molecule has 1 amide bonds. The summed E-state index contributed by atoms with van der Waals surface area (Å²) < 4.78 is 10.5. The molecule has 1 aliphatic heterocycles. The molecule has 1 aliphatic rings. The summed E-state index contributed by atoms with van der Waals surface area (Å²) in [5.41, 5.74) is 0.903. The fourth-order valence-electron chi connectivity index (χ4n) is 2.88. The van der Waals surface area contributed by atoms with E-state index in [9.17, 15) is 4.79 Å². The van der Waals surface area contributed by atoms with Gasteiger partial charge in [0.25, 0.3) is 0 Å². The number of nitrogens with one attached hydrogen (secondary N) is 1. The fourth-order valence-corrected chi connectivity index (χ4v) is 3.56. The minimum absolute atomic E-state index is 0.0215. The predicted molar refractivity (Wildman–Crippen MR) is 94.1 cm³/mol. The third-order valence-corrected chi connectivity index (χ3v) is 4.89. The zero-order chi connectivity index (χ0) is 16.9. The second-order valence-corrected chi connectivity index (χ2v) is 6.55. The fraction of sp³-hybridized carbons (Fsp3) is 0.412. The minimum Gasteiger partial charge on any atom is -0.493 e. The van der Waals surface area contributed by atoms with Gasteiger partial charge in [0.2, 0.25) is 5.91 Å². The molecule has 1 saturated heterocycles. The lowest BCUT2D eigenvalue weighted by molar-refractivity contribution is -0.121. The highest BCUT2D eigenvalue weighted by Gasteiger charge is 2.25. The van der Waals surface area contributed by atoms with Gasteiger partial charge in [0.05, 0.1) is 20.6 Å². The number of amides is 1. The third kappa shape index (κ3) is 3.79. The Labute approximate surface area is 145 Å². The molecule has 2 heterocycles. The first-order valence-electron chi connectivity index (χ1n) is 7.84. The van der Waals surface area contributed by atoms with E-state index in [4.69, 9.17) is 9.47 Å². The molecule has 1 N–H and O–H groups in total. The van der Waals surface area contributed by atoms with Crippen LogP contribution in [-0.4, -0.2) is 44.2 Å². The molecular weight excluding hydrogens is 326 g/mol. The first-order chi connectivity index (χ1) is 11.7. The zero-order valence-electron chi connectivity index (χ0n) is 13.8. The van der Waals surface area contributed by atoms with Crippen LogP contribution in [0, 0.1) is 0 Å². The highest BCUT2D eigenvalue weighted by molar-refractivity contribution is 7.13. The Morgan fingerprint density at radius 2 is 2.21 bits per heavy atom. The summed E-state index contributed by atoms with van der Waals surface area (Å²) >= 11 is 1.63. The summed E-state index contributed by atoms with van der Waals surface area (Å²) in [7, 11) is 3.19. The molecule has 3 rings (SSSR count). The van der Waals surface area contributed by atoms with Gasteiger partial charge in [-0.3, -0.25) is 4.79 Å². The van der Waals surface area contributed by atoms with Crippen molar-refractivity contribution in [3.05, 3.63) is 35.3 Å². The van der Waals surface area contributed by atoms with Crippen LogP contribution in [0.4, 0.5) is 5.13 Å². The smallest absolute Gasteiger partial charge is 0.224 e. The topological polar surface area (TPSA) is 63.7 Å². The average molecular weight is 347 g/mol. The van der Waals surface area contributed by atoms with E-state index in [1.165, 1.54) is 0 Å². The maximum absolute atomic E-state index is 12.3. The molecule has 0 spiro atoms. The minimum atomic E-state index is 0.0215. The van der Waals surface area contributed by atoms with Crippen molar-refractivity contribution in [2.75, 3.05) is 32.2 Å². The van der Waals surface area contributed by atoms with Crippen LogP contribution in [-0.2, 0) is 11.2 Å². The second kappa shape index (κ2) is 7.53. The SMILES string of the molecule is COc1ccc(CC(=O)NC2CCN(c3nccs3)C2)cc1OC. The average Bonchev–Trinajstić information content (AvgIpc) is 3.25. The molecule has 0 radical (unpaired) electrons. The molecule has 24 heavy (non-hydrogen) atoms. The molecule has 1 atom stereocenters. The van der Waals surface area contributed by atoms with Gasteiger partial charge in [-0.25, -0.2) is 4.98 Å². The van der Waals surface area contributed by atoms with Crippen LogP contribution in [0.15, 0.2) is 29.8 Å². The van der Waals surface area contributed by atoms with Gasteiger partial charge in [-0.05, 0) is 24.1 Å². The predicted octanol–water partition coefficient (Wildman–Crippen LogP) is 2.10. The van der Waals surface area contributed by atoms with Crippen LogP contribution in [0.2, 0.25) is 0 Å². The monoisotopic (exact) mass is 347 g/mol. The van der Waals surface area contributed by atoms with Crippen molar-refractivity contribution in [2.45, 2.75) is 18.9 Å². The molecule has 7 heteroatoms. The summed E-state index contributed by atoms with van der Waals surface area (Å²) in [4.78, 5) is 18.8. The Kier molecular flexibility index (Phi) is 5.20. The summed E-state index contributed by atoms with van der Waals surface area (Å²) in [5.74, 6) is 1.32. The van der Waals surface area contributed by atoms with Crippen LogP contribution in [0.3, 0.4) is 0 Å². The lowest BCUT2D eigenvalue weighted by atomic mass is 10.1. The molecule has 128 valence electrons. The van der Waals surface area contributed by atoms with Crippen LogP contribution in [0.1, 0.15) is 12.0 Å². The number of thiazole rings is 1. The molecule has 2 aromatic rings. The van der Waals surface area contributed by atoms with Crippen LogP contribution >= 0.6 is 11.3 Å². The van der Waals surface area contributed by atoms with Crippen molar-refractivity contribution >= 4 is 22.4 Å². The number of hydrogen-bond acceptors (Lipinski definition) is 6. The van der Waals surface area contributed by atoms with Gasteiger partial charge in [-0.15, -0.1) is 11.3 Å². The molecule has 6 nitrogen and oxygen atoms in total. The third-order valence-electron chi connectivity index (χ3n) is 4.06. The van der Waals surface area contributed by atoms with Gasteiger partial charge in [-0.1, -0.05) is 6.07 Å². The Hall–Kier alpha value is -2.28. The molecule has 0 aliphatic carbocycles. The molecular formula is C17H21N3O3S. The molecule has 0 bridgehead atoms. The standard InChI is InChI=1S/C17H21N3O3S/c1-22-14-4-3-12(9-15(14)23-2)10-16(21)19-13-5-7-20(11-13)17-18-6-8-24-17/h3-4,6,8-9,13H,5,7,10-11H2,1-2H3,(H,19,21). The second-order valence-electron chi connectivity index (χ2n) is 5.68. The Morgan fingerprint density at radius 3 is 2.92 bits per heavy atom. The van der Waals surface area contributed by atoms with E-state index >= 15 is 0 Å². The maximum atomic E-state index is 12.3. The molecule has 1 fully saturated rings. The Bertz CT molecular complexity index is 690. The van der Waals surface area contributed by atoms with Gasteiger partial charge >= 0.3 is 0 Å². The van der Waals surface area contributed by atoms with Crippen molar-refractivity contribution in [2.24, 2.45) is 0 Å². The normalized spacial score (nSPS) is 16.9. The van der Waals surface area contributed by atoms with E-state index in [0.29, 0.717) is 17.9 Å². The number of carbonyl (C=O) groups is 1.